The number of unbranched alkanes of at least 4 members (excludes halogenated alkanes) is 2. The molecule has 0 heterocycles. The van der Waals surface area contributed by atoms with E-state index in [9.17, 15) is 19.8 Å². The van der Waals surface area contributed by atoms with Crippen LogP contribution < -0.4 is 0 Å². The molecule has 6 nitrogen and oxygen atoms in total. The van der Waals surface area contributed by atoms with Gasteiger partial charge in [-0.05, 0) is 32.1 Å². The van der Waals surface area contributed by atoms with Crippen LogP contribution in [-0.2, 0) is 14.3 Å². The Hall–Kier alpha value is -1.50. The van der Waals surface area contributed by atoms with Crippen molar-refractivity contribution >= 4 is 11.8 Å². The molecule has 0 aromatic carbocycles. The first-order valence-electron chi connectivity index (χ1n) is 10.3. The molecule has 0 aliphatic heterocycles. The predicted octanol–water partition coefficient (Wildman–Crippen LogP) is 3.27. The van der Waals surface area contributed by atoms with Crippen LogP contribution in [0, 0.1) is 11.8 Å². The number of ketones is 1. The van der Waals surface area contributed by atoms with E-state index in [0.29, 0.717) is 38.7 Å². The highest BCUT2D eigenvalue weighted by molar-refractivity contribution is 5.84. The van der Waals surface area contributed by atoms with Gasteiger partial charge in [-0.1, -0.05) is 44.4 Å². The minimum absolute atomic E-state index is 0.0703. The van der Waals surface area contributed by atoms with Crippen LogP contribution in [0.15, 0.2) is 24.8 Å². The number of ether oxygens (including phenoxy) is 1. The lowest BCUT2D eigenvalue weighted by atomic mass is 9.86. The molecule has 6 heteroatoms. The van der Waals surface area contributed by atoms with Gasteiger partial charge in [0, 0.05) is 24.9 Å². The molecule has 1 aliphatic carbocycles. The van der Waals surface area contributed by atoms with E-state index in [2.05, 4.69) is 13.5 Å². The van der Waals surface area contributed by atoms with Crippen molar-refractivity contribution in [3.8, 4) is 0 Å². The Balaban J connectivity index is 2.55. The first-order valence-corrected chi connectivity index (χ1v) is 10.3. The van der Waals surface area contributed by atoms with Gasteiger partial charge in [-0.25, -0.2) is 4.79 Å². The van der Waals surface area contributed by atoms with E-state index >= 15 is 0 Å². The Morgan fingerprint density at radius 2 is 2.07 bits per heavy atom. The molecule has 0 bridgehead atoms. The summed E-state index contributed by atoms with van der Waals surface area (Å²) in [7, 11) is 0. The lowest BCUT2D eigenvalue weighted by molar-refractivity contribution is -0.142. The average Bonchev–Trinajstić information content (AvgIpc) is 2.89. The Morgan fingerprint density at radius 3 is 2.71 bits per heavy atom. The molecule has 1 rings (SSSR count). The van der Waals surface area contributed by atoms with Crippen LogP contribution in [0.25, 0.3) is 0 Å². The van der Waals surface area contributed by atoms with Gasteiger partial charge in [0.05, 0.1) is 11.7 Å². The number of rotatable bonds is 15. The summed E-state index contributed by atoms with van der Waals surface area (Å²) in [5, 5.41) is 29.6. The molecule has 1 saturated carbocycles. The van der Waals surface area contributed by atoms with Crippen LogP contribution in [0.4, 0.5) is 0 Å². The van der Waals surface area contributed by atoms with Crippen molar-refractivity contribution < 1.29 is 29.6 Å². The van der Waals surface area contributed by atoms with Crippen molar-refractivity contribution in [2.24, 2.45) is 11.8 Å². The monoisotopic (exact) mass is 396 g/mol. The molecule has 0 aromatic heterocycles. The fourth-order valence-electron chi connectivity index (χ4n) is 3.83. The average molecular weight is 397 g/mol. The maximum atomic E-state index is 12.2. The number of carboxylic acid groups (broad SMARTS) is 1. The molecule has 1 aliphatic rings. The minimum Gasteiger partial charge on any atom is -0.480 e. The summed E-state index contributed by atoms with van der Waals surface area (Å²) >= 11 is 0. The topological polar surface area (TPSA) is 104 Å². The SMILES string of the molecule is C=CCC(O)(CC=C[C@H]1[C@H](O)CC(=O)[C@@H]1CCCCOCC(=O)O)CCCC. The summed E-state index contributed by atoms with van der Waals surface area (Å²) in [4.78, 5) is 22.6. The zero-order valence-corrected chi connectivity index (χ0v) is 17.0. The fraction of sp³-hybridized carbons (Fsp3) is 0.727. The van der Waals surface area contributed by atoms with E-state index < -0.39 is 17.7 Å². The van der Waals surface area contributed by atoms with Crippen molar-refractivity contribution in [1.82, 2.24) is 0 Å². The molecule has 160 valence electrons. The highest BCUT2D eigenvalue weighted by Crippen LogP contribution is 2.34. The molecule has 4 atom stereocenters. The maximum absolute atomic E-state index is 12.2. The largest absolute Gasteiger partial charge is 0.480 e. The highest BCUT2D eigenvalue weighted by Gasteiger charge is 2.39. The second kappa shape index (κ2) is 12.9. The number of hydrogen-bond donors (Lipinski definition) is 3. The van der Waals surface area contributed by atoms with Crippen molar-refractivity contribution in [3.63, 3.8) is 0 Å². The summed E-state index contributed by atoms with van der Waals surface area (Å²) in [6, 6.07) is 0. The smallest absolute Gasteiger partial charge is 0.329 e. The summed E-state index contributed by atoms with van der Waals surface area (Å²) in [6.07, 6.45) is 10.7. The van der Waals surface area contributed by atoms with Crippen LogP contribution in [0.1, 0.15) is 64.7 Å². The number of Topliss-reactive ketones (excluding diaryl/α,β-unsaturated/α-hetero) is 1. The minimum atomic E-state index is -0.991. The van der Waals surface area contributed by atoms with E-state index in [1.165, 1.54) is 0 Å². The van der Waals surface area contributed by atoms with Crippen LogP contribution in [0.2, 0.25) is 0 Å². The molecule has 0 aromatic rings. The Labute approximate surface area is 168 Å². The summed E-state index contributed by atoms with van der Waals surface area (Å²) in [6.45, 7) is 5.85. The molecule has 3 N–H and O–H groups in total. The third-order valence-electron chi connectivity index (χ3n) is 5.39. The van der Waals surface area contributed by atoms with Crippen LogP contribution >= 0.6 is 0 Å². The maximum Gasteiger partial charge on any atom is 0.329 e. The number of aliphatic hydroxyl groups excluding tert-OH is 1. The molecular weight excluding hydrogens is 360 g/mol. The first kappa shape index (κ1) is 24.5. The Morgan fingerprint density at radius 1 is 1.32 bits per heavy atom. The van der Waals surface area contributed by atoms with Gasteiger partial charge in [-0.3, -0.25) is 4.79 Å². The van der Waals surface area contributed by atoms with Crippen LogP contribution in [0.3, 0.4) is 0 Å². The van der Waals surface area contributed by atoms with Gasteiger partial charge in [-0.2, -0.15) is 0 Å². The van der Waals surface area contributed by atoms with Gasteiger partial charge in [0.2, 0.25) is 0 Å². The zero-order valence-electron chi connectivity index (χ0n) is 17.0. The Kier molecular flexibility index (Phi) is 11.3. The third-order valence-corrected chi connectivity index (χ3v) is 5.39. The lowest BCUT2D eigenvalue weighted by Crippen LogP contribution is -2.27. The van der Waals surface area contributed by atoms with Crippen molar-refractivity contribution in [2.75, 3.05) is 13.2 Å². The zero-order chi connectivity index (χ0) is 21.0. The van der Waals surface area contributed by atoms with E-state index in [1.54, 1.807) is 6.08 Å². The summed E-state index contributed by atoms with van der Waals surface area (Å²) < 4.78 is 5.01. The van der Waals surface area contributed by atoms with Gasteiger partial charge >= 0.3 is 5.97 Å². The van der Waals surface area contributed by atoms with Crippen molar-refractivity contribution in [1.29, 1.82) is 0 Å². The summed E-state index contributed by atoms with van der Waals surface area (Å²) in [5.41, 5.74) is -0.821. The van der Waals surface area contributed by atoms with E-state index in [0.717, 1.165) is 19.3 Å². The molecule has 1 fully saturated rings. The standard InChI is InChI=1S/C22H36O6/c1-3-5-12-22(27,11-4-2)13-8-10-18-17(19(23)15-20(18)24)9-6-7-14-28-16-21(25)26/h4,8,10,17-18,20,24,27H,2-3,5-7,9,11-16H2,1H3,(H,25,26)/t17-,18-,20-,22?/m1/s1. The number of aliphatic hydroxyl groups is 2. The molecule has 0 radical (unpaired) electrons. The van der Waals surface area contributed by atoms with Gasteiger partial charge in [0.1, 0.15) is 12.4 Å². The Bertz CT molecular complexity index is 529. The quantitative estimate of drug-likeness (QED) is 0.290. The molecular formula is C22H36O6. The summed E-state index contributed by atoms with van der Waals surface area (Å²) in [5.74, 6) is -1.38. The molecule has 0 amide bonds. The number of hydrogen-bond acceptors (Lipinski definition) is 5. The van der Waals surface area contributed by atoms with E-state index in [-0.39, 0.29) is 30.6 Å². The van der Waals surface area contributed by atoms with Crippen LogP contribution in [0.5, 0.6) is 0 Å². The molecule has 0 saturated heterocycles. The van der Waals surface area contributed by atoms with E-state index in [1.807, 2.05) is 12.2 Å². The number of carbonyl (C=O) groups is 2. The van der Waals surface area contributed by atoms with Crippen molar-refractivity contribution in [2.45, 2.75) is 76.4 Å². The van der Waals surface area contributed by atoms with Gasteiger partial charge < -0.3 is 20.1 Å². The highest BCUT2D eigenvalue weighted by atomic mass is 16.5. The lowest BCUT2D eigenvalue weighted by Gasteiger charge is -2.26. The van der Waals surface area contributed by atoms with E-state index in [4.69, 9.17) is 9.84 Å². The second-order valence-corrected chi connectivity index (χ2v) is 7.82. The molecule has 28 heavy (non-hydrogen) atoms. The second-order valence-electron chi connectivity index (χ2n) is 7.82. The van der Waals surface area contributed by atoms with Gasteiger partial charge in [0.25, 0.3) is 0 Å². The third kappa shape index (κ3) is 8.67. The predicted molar refractivity (Wildman–Crippen MR) is 108 cm³/mol. The fourth-order valence-corrected chi connectivity index (χ4v) is 3.83. The normalized spacial score (nSPS) is 24.5. The first-order chi connectivity index (χ1) is 13.3. The van der Waals surface area contributed by atoms with Gasteiger partial charge in [0.15, 0.2) is 0 Å². The van der Waals surface area contributed by atoms with Crippen LogP contribution in [-0.4, -0.2) is 52.0 Å². The molecule has 0 spiro atoms. The molecule has 1 unspecified atom stereocenters. The van der Waals surface area contributed by atoms with Gasteiger partial charge in [-0.15, -0.1) is 6.58 Å². The van der Waals surface area contributed by atoms with Crippen molar-refractivity contribution in [3.05, 3.63) is 24.8 Å². The number of carboxylic acids is 1. The number of aliphatic carboxylic acids is 1. The number of carbonyl (C=O) groups excluding carboxylic acids is 1.